The zero-order chi connectivity index (χ0) is 35.6. The molecule has 0 amide bonds. The highest BCUT2D eigenvalue weighted by atomic mass is 32.1. The molecule has 11 rings (SSSR count). The number of nitrogens with zero attached hydrogens (tertiary/aromatic N) is 4. The van der Waals surface area contributed by atoms with Crippen LogP contribution in [0.2, 0.25) is 0 Å². The predicted octanol–water partition coefficient (Wildman–Crippen LogP) is 13.2. The lowest BCUT2D eigenvalue weighted by atomic mass is 10.0. The zero-order valence-electron chi connectivity index (χ0n) is 29.0. The maximum atomic E-state index is 5.05. The van der Waals surface area contributed by atoms with Gasteiger partial charge in [0.05, 0.1) is 11.0 Å². The highest BCUT2D eigenvalue weighted by molar-refractivity contribution is 7.25. The summed E-state index contributed by atoms with van der Waals surface area (Å²) in [4.78, 5) is 15.0. The number of benzene rings is 8. The summed E-state index contributed by atoms with van der Waals surface area (Å²) in [7, 11) is 0. The quantitative estimate of drug-likeness (QED) is 0.179. The molecular weight excluding hydrogens is 677 g/mol. The number of rotatable bonds is 5. The molecule has 0 saturated heterocycles. The third kappa shape index (κ3) is 5.01. The molecule has 8 aromatic carbocycles. The van der Waals surface area contributed by atoms with Gasteiger partial charge < -0.3 is 4.57 Å². The number of hydrogen-bond acceptors (Lipinski definition) is 4. The molecule has 0 atom stereocenters. The van der Waals surface area contributed by atoms with E-state index in [1.165, 1.54) is 52.8 Å². The van der Waals surface area contributed by atoms with E-state index in [0.29, 0.717) is 17.5 Å². The van der Waals surface area contributed by atoms with E-state index in [2.05, 4.69) is 156 Å². The summed E-state index contributed by atoms with van der Waals surface area (Å²) in [5.74, 6) is 1.97. The maximum Gasteiger partial charge on any atom is 0.164 e. The van der Waals surface area contributed by atoms with Crippen LogP contribution in [-0.4, -0.2) is 19.5 Å². The van der Waals surface area contributed by atoms with Crippen LogP contribution in [0, 0.1) is 0 Å². The van der Waals surface area contributed by atoms with Crippen molar-refractivity contribution in [3.63, 3.8) is 0 Å². The molecule has 3 heterocycles. The minimum absolute atomic E-state index is 0.649. The molecule has 0 saturated carbocycles. The van der Waals surface area contributed by atoms with Crippen LogP contribution in [0.25, 0.3) is 104 Å². The minimum atomic E-state index is 0.649. The maximum absolute atomic E-state index is 5.05. The SMILES string of the molecule is c1ccc(-c2nc(-c3ccc(-c4ccc(-n5c6ccccc6c6c7ccccc7ccc65)cc4)cc3)nc(-c3ccc4c(c3)sc3ccccc34)n2)cc1. The van der Waals surface area contributed by atoms with Crippen molar-refractivity contribution in [3.8, 4) is 51.0 Å². The Morgan fingerprint density at radius 2 is 0.907 bits per heavy atom. The van der Waals surface area contributed by atoms with Crippen molar-refractivity contribution in [3.05, 3.63) is 182 Å². The molecule has 5 heteroatoms. The molecule has 0 aliphatic heterocycles. The second kappa shape index (κ2) is 12.3. The van der Waals surface area contributed by atoms with E-state index in [4.69, 9.17) is 15.0 Å². The molecule has 54 heavy (non-hydrogen) atoms. The third-order valence-corrected chi connectivity index (χ3v) is 11.6. The molecule has 0 aliphatic rings. The van der Waals surface area contributed by atoms with Gasteiger partial charge in [0.2, 0.25) is 0 Å². The Morgan fingerprint density at radius 1 is 0.352 bits per heavy atom. The molecule has 252 valence electrons. The Labute approximate surface area is 315 Å². The van der Waals surface area contributed by atoms with Gasteiger partial charge in [-0.15, -0.1) is 11.3 Å². The minimum Gasteiger partial charge on any atom is -0.309 e. The summed E-state index contributed by atoms with van der Waals surface area (Å²) in [6.07, 6.45) is 0. The Bertz CT molecular complexity index is 3200. The van der Waals surface area contributed by atoms with Crippen molar-refractivity contribution in [1.29, 1.82) is 0 Å². The van der Waals surface area contributed by atoms with E-state index in [0.717, 1.165) is 33.5 Å². The monoisotopic (exact) mass is 706 g/mol. The summed E-state index contributed by atoms with van der Waals surface area (Å²) in [5, 5.41) is 7.62. The van der Waals surface area contributed by atoms with Gasteiger partial charge in [0, 0.05) is 53.3 Å². The van der Waals surface area contributed by atoms with Gasteiger partial charge in [0.15, 0.2) is 17.5 Å². The second-order valence-corrected chi connectivity index (χ2v) is 14.7. The van der Waals surface area contributed by atoms with Gasteiger partial charge in [-0.3, -0.25) is 0 Å². The lowest BCUT2D eigenvalue weighted by Gasteiger charge is -2.11. The number of para-hydroxylation sites is 1. The van der Waals surface area contributed by atoms with Crippen LogP contribution in [0.1, 0.15) is 0 Å². The van der Waals surface area contributed by atoms with Crippen molar-refractivity contribution in [2.24, 2.45) is 0 Å². The van der Waals surface area contributed by atoms with Crippen molar-refractivity contribution in [2.75, 3.05) is 0 Å². The van der Waals surface area contributed by atoms with Gasteiger partial charge >= 0.3 is 0 Å². The fourth-order valence-corrected chi connectivity index (χ4v) is 8.99. The highest BCUT2D eigenvalue weighted by Crippen LogP contribution is 2.38. The molecule has 0 bridgehead atoms. The topological polar surface area (TPSA) is 43.6 Å². The lowest BCUT2D eigenvalue weighted by molar-refractivity contribution is 1.07. The number of thiophene rings is 1. The Morgan fingerprint density at radius 3 is 1.69 bits per heavy atom. The summed E-state index contributed by atoms with van der Waals surface area (Å²) < 4.78 is 4.88. The zero-order valence-corrected chi connectivity index (χ0v) is 29.8. The van der Waals surface area contributed by atoms with Gasteiger partial charge in [0.25, 0.3) is 0 Å². The Kier molecular flexibility index (Phi) is 7.00. The van der Waals surface area contributed by atoms with Crippen LogP contribution in [0.4, 0.5) is 0 Å². The molecule has 11 aromatic rings. The van der Waals surface area contributed by atoms with Gasteiger partial charge in [-0.05, 0) is 58.3 Å². The fourth-order valence-electron chi connectivity index (χ4n) is 7.85. The molecule has 0 spiro atoms. The summed E-state index contributed by atoms with van der Waals surface area (Å²) >= 11 is 1.80. The van der Waals surface area contributed by atoms with E-state index in [9.17, 15) is 0 Å². The number of fused-ring (bicyclic) bond motifs is 8. The molecule has 0 N–H and O–H groups in total. The number of aromatic nitrogens is 4. The van der Waals surface area contributed by atoms with E-state index < -0.39 is 0 Å². The first-order valence-corrected chi connectivity index (χ1v) is 18.9. The van der Waals surface area contributed by atoms with Crippen LogP contribution in [0.5, 0.6) is 0 Å². The standard InChI is InChI=1S/C49H30N4S/c1-2-11-34(12-3-1)47-50-48(52-49(51-47)36-24-28-40-39-14-7-9-17-44(39)54-45(40)30-36)35-20-18-31(19-21-35)32-22-26-37(27-23-32)53-42-16-8-6-15-41(42)46-38-13-5-4-10-33(38)25-29-43(46)53/h1-30H. The van der Waals surface area contributed by atoms with E-state index in [-0.39, 0.29) is 0 Å². The summed E-state index contributed by atoms with van der Waals surface area (Å²) in [6.45, 7) is 0. The Balaban J connectivity index is 0.960. The molecule has 0 radical (unpaired) electrons. The smallest absolute Gasteiger partial charge is 0.164 e. The predicted molar refractivity (Wildman–Crippen MR) is 226 cm³/mol. The molecule has 0 fully saturated rings. The van der Waals surface area contributed by atoms with Crippen LogP contribution >= 0.6 is 11.3 Å². The Hall–Kier alpha value is -6.95. The highest BCUT2D eigenvalue weighted by Gasteiger charge is 2.16. The average Bonchev–Trinajstić information content (AvgIpc) is 3.80. The van der Waals surface area contributed by atoms with Crippen molar-refractivity contribution >= 4 is 64.1 Å². The van der Waals surface area contributed by atoms with E-state index in [1.54, 1.807) is 11.3 Å². The van der Waals surface area contributed by atoms with Gasteiger partial charge in [-0.1, -0.05) is 146 Å². The molecule has 3 aromatic heterocycles. The van der Waals surface area contributed by atoms with Gasteiger partial charge in [0.1, 0.15) is 0 Å². The molecule has 0 unspecified atom stereocenters. The third-order valence-electron chi connectivity index (χ3n) is 10.5. The lowest BCUT2D eigenvalue weighted by Crippen LogP contribution is -2.00. The van der Waals surface area contributed by atoms with Crippen molar-refractivity contribution in [2.45, 2.75) is 0 Å². The normalized spacial score (nSPS) is 11.7. The largest absolute Gasteiger partial charge is 0.309 e. The summed E-state index contributed by atoms with van der Waals surface area (Å²) in [6, 6.07) is 64.5. The van der Waals surface area contributed by atoms with E-state index >= 15 is 0 Å². The van der Waals surface area contributed by atoms with Crippen LogP contribution in [-0.2, 0) is 0 Å². The molecule has 4 nitrogen and oxygen atoms in total. The van der Waals surface area contributed by atoms with Crippen LogP contribution < -0.4 is 0 Å². The second-order valence-electron chi connectivity index (χ2n) is 13.6. The van der Waals surface area contributed by atoms with Crippen molar-refractivity contribution < 1.29 is 0 Å². The van der Waals surface area contributed by atoms with Crippen molar-refractivity contribution in [1.82, 2.24) is 19.5 Å². The summed E-state index contributed by atoms with van der Waals surface area (Å²) in [5.41, 5.74) is 8.70. The first-order chi connectivity index (χ1) is 26.7. The molecular formula is C49H30N4S. The first kappa shape index (κ1) is 30.7. The van der Waals surface area contributed by atoms with Gasteiger partial charge in [-0.25, -0.2) is 15.0 Å². The average molecular weight is 707 g/mol. The fraction of sp³-hybridized carbons (Fsp3) is 0. The first-order valence-electron chi connectivity index (χ1n) is 18.1. The molecule has 0 aliphatic carbocycles. The van der Waals surface area contributed by atoms with Gasteiger partial charge in [-0.2, -0.15) is 0 Å². The van der Waals surface area contributed by atoms with Crippen LogP contribution in [0.3, 0.4) is 0 Å². The van der Waals surface area contributed by atoms with E-state index in [1.807, 2.05) is 30.3 Å². The number of hydrogen-bond donors (Lipinski definition) is 0. The van der Waals surface area contributed by atoms with Crippen LogP contribution in [0.15, 0.2) is 182 Å².